The lowest BCUT2D eigenvalue weighted by molar-refractivity contribution is -0.117. The second kappa shape index (κ2) is 8.18. The number of amides is 1. The molecule has 1 heterocycles. The van der Waals surface area contributed by atoms with Crippen LogP contribution in [0.5, 0.6) is 0 Å². The van der Waals surface area contributed by atoms with Gasteiger partial charge in [-0.3, -0.25) is 9.52 Å². The number of likely N-dealkylation sites (N-methyl/N-ethyl adjacent to an activating group) is 1. The van der Waals surface area contributed by atoms with Crippen molar-refractivity contribution in [1.82, 2.24) is 4.31 Å². The molecule has 1 amide bonds. The molecule has 0 unspecified atom stereocenters. The zero-order valence-electron chi connectivity index (χ0n) is 16.7. The molecule has 0 radical (unpaired) electrons. The van der Waals surface area contributed by atoms with Crippen LogP contribution in [0.1, 0.15) is 19.4 Å². The van der Waals surface area contributed by atoms with Crippen LogP contribution in [0.4, 0.5) is 11.4 Å². The predicted octanol–water partition coefficient (Wildman–Crippen LogP) is 2.69. The molecule has 162 valence electrons. The van der Waals surface area contributed by atoms with E-state index in [1.54, 1.807) is 27.0 Å². The molecule has 0 bridgehead atoms. The van der Waals surface area contributed by atoms with Crippen LogP contribution in [0.3, 0.4) is 0 Å². The third-order valence-corrected chi connectivity index (χ3v) is 8.86. The Balaban J connectivity index is 1.95. The van der Waals surface area contributed by atoms with E-state index >= 15 is 0 Å². The Kier molecular flexibility index (Phi) is 6.15. The molecule has 1 aliphatic rings. The van der Waals surface area contributed by atoms with Crippen molar-refractivity contribution >= 4 is 48.9 Å². The molecule has 1 aliphatic heterocycles. The number of nitrogens with zero attached hydrogens (tertiary/aromatic N) is 2. The van der Waals surface area contributed by atoms with Crippen molar-refractivity contribution in [1.29, 1.82) is 0 Å². The van der Waals surface area contributed by atoms with E-state index in [0.29, 0.717) is 11.3 Å². The maximum atomic E-state index is 12.9. The van der Waals surface area contributed by atoms with Crippen LogP contribution in [0, 0.1) is 0 Å². The number of benzene rings is 2. The quantitative estimate of drug-likeness (QED) is 0.668. The smallest absolute Gasteiger partial charge is 0.261 e. The summed E-state index contributed by atoms with van der Waals surface area (Å²) in [5.74, 6) is -0.114. The van der Waals surface area contributed by atoms with Crippen molar-refractivity contribution in [2.24, 2.45) is 0 Å². The van der Waals surface area contributed by atoms with Gasteiger partial charge in [0.15, 0.2) is 0 Å². The number of carbonyl (C=O) groups is 1. The fourth-order valence-electron chi connectivity index (χ4n) is 3.29. The normalized spacial score (nSPS) is 14.3. The lowest BCUT2D eigenvalue weighted by atomic mass is 10.2. The molecule has 0 spiro atoms. The number of rotatable bonds is 7. The first-order valence-corrected chi connectivity index (χ1v) is 12.5. The molecule has 3 rings (SSSR count). The summed E-state index contributed by atoms with van der Waals surface area (Å²) in [4.78, 5) is 13.1. The highest BCUT2D eigenvalue weighted by Gasteiger charge is 2.28. The molecule has 0 atom stereocenters. The van der Waals surface area contributed by atoms with Gasteiger partial charge in [0.25, 0.3) is 10.0 Å². The number of halogens is 1. The lowest BCUT2D eigenvalue weighted by Gasteiger charge is -2.20. The standard InChI is InChI=1S/C19H22ClN3O5S2/c1-4-23(5-2)30(27,28)18-12-14(6-8-16(18)20)21-29(25,26)15-7-9-17-13(10-15)11-19(24)22(17)3/h6-10,12,21H,4-5,11H2,1-3H3. The summed E-state index contributed by atoms with van der Waals surface area (Å²) in [7, 11) is -6.25. The number of hydrogen-bond acceptors (Lipinski definition) is 5. The minimum Gasteiger partial charge on any atom is -0.315 e. The van der Waals surface area contributed by atoms with Crippen LogP contribution in [0.2, 0.25) is 5.02 Å². The van der Waals surface area contributed by atoms with Crippen molar-refractivity contribution in [3.63, 3.8) is 0 Å². The SMILES string of the molecule is CCN(CC)S(=O)(=O)c1cc(NS(=O)(=O)c2ccc3c(c2)CC(=O)N3C)ccc1Cl. The number of anilines is 2. The third kappa shape index (κ3) is 4.04. The van der Waals surface area contributed by atoms with Gasteiger partial charge >= 0.3 is 0 Å². The van der Waals surface area contributed by atoms with Gasteiger partial charge in [-0.15, -0.1) is 0 Å². The van der Waals surface area contributed by atoms with Crippen LogP contribution < -0.4 is 9.62 Å². The Morgan fingerprint density at radius 3 is 2.37 bits per heavy atom. The monoisotopic (exact) mass is 471 g/mol. The van der Waals surface area contributed by atoms with E-state index in [9.17, 15) is 21.6 Å². The Hall–Kier alpha value is -2.14. The van der Waals surface area contributed by atoms with E-state index in [4.69, 9.17) is 11.6 Å². The second-order valence-corrected chi connectivity index (χ2v) is 10.8. The molecular formula is C19H22ClN3O5S2. The van der Waals surface area contributed by atoms with Crippen molar-refractivity contribution in [2.45, 2.75) is 30.1 Å². The van der Waals surface area contributed by atoms with Crippen molar-refractivity contribution in [3.05, 3.63) is 47.0 Å². The zero-order chi connectivity index (χ0) is 22.3. The van der Waals surface area contributed by atoms with E-state index in [-0.39, 0.29) is 45.9 Å². The molecule has 0 fully saturated rings. The van der Waals surface area contributed by atoms with E-state index in [0.717, 1.165) is 0 Å². The number of hydrogen-bond donors (Lipinski definition) is 1. The van der Waals surface area contributed by atoms with Crippen LogP contribution in [0.25, 0.3) is 0 Å². The first kappa shape index (κ1) is 22.5. The van der Waals surface area contributed by atoms with Gasteiger partial charge in [-0.25, -0.2) is 16.8 Å². The Bertz CT molecular complexity index is 1210. The summed E-state index contributed by atoms with van der Waals surface area (Å²) in [6.07, 6.45) is 0.127. The van der Waals surface area contributed by atoms with Gasteiger partial charge in [-0.1, -0.05) is 25.4 Å². The van der Waals surface area contributed by atoms with Gasteiger partial charge in [0.2, 0.25) is 15.9 Å². The number of nitrogens with one attached hydrogen (secondary N) is 1. The Labute approximate surface area is 181 Å². The zero-order valence-corrected chi connectivity index (χ0v) is 19.1. The van der Waals surface area contributed by atoms with Crippen molar-refractivity contribution < 1.29 is 21.6 Å². The maximum Gasteiger partial charge on any atom is 0.261 e. The maximum absolute atomic E-state index is 12.9. The summed E-state index contributed by atoms with van der Waals surface area (Å²) < 4.78 is 55.0. The minimum absolute atomic E-state index is 0.00364. The van der Waals surface area contributed by atoms with Crippen LogP contribution >= 0.6 is 11.6 Å². The molecule has 8 nitrogen and oxygen atoms in total. The fourth-order valence-corrected chi connectivity index (χ4v) is 6.35. The molecule has 2 aromatic carbocycles. The Morgan fingerprint density at radius 1 is 1.07 bits per heavy atom. The topological polar surface area (TPSA) is 104 Å². The molecule has 0 saturated heterocycles. The molecular weight excluding hydrogens is 450 g/mol. The van der Waals surface area contributed by atoms with Crippen LogP contribution in [-0.4, -0.2) is 47.2 Å². The summed E-state index contributed by atoms with van der Waals surface area (Å²) >= 11 is 6.10. The van der Waals surface area contributed by atoms with Gasteiger partial charge < -0.3 is 4.90 Å². The molecule has 30 heavy (non-hydrogen) atoms. The number of fused-ring (bicyclic) bond motifs is 1. The first-order chi connectivity index (χ1) is 14.0. The molecule has 2 aromatic rings. The van der Waals surface area contributed by atoms with Gasteiger partial charge in [0, 0.05) is 25.8 Å². The highest BCUT2D eigenvalue weighted by molar-refractivity contribution is 7.92. The highest BCUT2D eigenvalue weighted by Crippen LogP contribution is 2.32. The predicted molar refractivity (Wildman–Crippen MR) is 116 cm³/mol. The van der Waals surface area contributed by atoms with Gasteiger partial charge in [-0.2, -0.15) is 4.31 Å². The number of carbonyl (C=O) groups excluding carboxylic acids is 1. The average Bonchev–Trinajstić information content (AvgIpc) is 2.97. The molecule has 0 aliphatic carbocycles. The van der Waals surface area contributed by atoms with Crippen molar-refractivity contribution in [3.8, 4) is 0 Å². The van der Waals surface area contributed by atoms with E-state index in [1.165, 1.54) is 39.5 Å². The fraction of sp³-hybridized carbons (Fsp3) is 0.316. The molecule has 11 heteroatoms. The Morgan fingerprint density at radius 2 is 1.73 bits per heavy atom. The van der Waals surface area contributed by atoms with Gasteiger partial charge in [-0.05, 0) is 42.0 Å². The summed E-state index contributed by atoms with van der Waals surface area (Å²) in [6, 6.07) is 8.37. The second-order valence-electron chi connectivity index (χ2n) is 6.76. The summed E-state index contributed by atoms with van der Waals surface area (Å²) in [6.45, 7) is 3.93. The summed E-state index contributed by atoms with van der Waals surface area (Å²) in [5, 5.41) is 0.00364. The van der Waals surface area contributed by atoms with Crippen LogP contribution in [0.15, 0.2) is 46.2 Å². The van der Waals surface area contributed by atoms with E-state index in [2.05, 4.69) is 4.72 Å². The minimum atomic E-state index is -4.01. The van der Waals surface area contributed by atoms with Crippen molar-refractivity contribution in [2.75, 3.05) is 29.8 Å². The van der Waals surface area contributed by atoms with Crippen LogP contribution in [-0.2, 0) is 31.3 Å². The average molecular weight is 472 g/mol. The van der Waals surface area contributed by atoms with Gasteiger partial charge in [0.1, 0.15) is 4.90 Å². The van der Waals surface area contributed by atoms with Gasteiger partial charge in [0.05, 0.1) is 22.0 Å². The van der Waals surface area contributed by atoms with E-state index < -0.39 is 20.0 Å². The lowest BCUT2D eigenvalue weighted by Crippen LogP contribution is -2.30. The molecule has 0 aromatic heterocycles. The number of sulfonamides is 2. The third-order valence-electron chi connectivity index (χ3n) is 4.95. The molecule has 0 saturated carbocycles. The highest BCUT2D eigenvalue weighted by atomic mass is 35.5. The van der Waals surface area contributed by atoms with E-state index in [1.807, 2.05) is 0 Å². The molecule has 1 N–H and O–H groups in total. The summed E-state index contributed by atoms with van der Waals surface area (Å²) in [5.41, 5.74) is 1.35. The first-order valence-electron chi connectivity index (χ1n) is 9.23. The largest absolute Gasteiger partial charge is 0.315 e.